The molecule has 2 amide bonds. The van der Waals surface area contributed by atoms with Gasteiger partial charge >= 0.3 is 0 Å². The molecule has 3 rings (SSSR count). The molecule has 6 nitrogen and oxygen atoms in total. The quantitative estimate of drug-likeness (QED) is 0.874. The van der Waals surface area contributed by atoms with Gasteiger partial charge in [0.1, 0.15) is 16.5 Å². The summed E-state index contributed by atoms with van der Waals surface area (Å²) in [5, 5.41) is 2.43. The van der Waals surface area contributed by atoms with Crippen LogP contribution in [0.4, 0.5) is 4.39 Å². The van der Waals surface area contributed by atoms with E-state index in [1.54, 1.807) is 15.2 Å². The summed E-state index contributed by atoms with van der Waals surface area (Å²) in [5.74, 6) is -0.664. The van der Waals surface area contributed by atoms with Crippen molar-refractivity contribution < 1.29 is 14.0 Å². The van der Waals surface area contributed by atoms with Crippen LogP contribution in [0.5, 0.6) is 0 Å². The van der Waals surface area contributed by atoms with E-state index >= 15 is 0 Å². The molecule has 0 atom stereocenters. The average Bonchev–Trinajstić information content (AvgIpc) is 3.10. The first-order chi connectivity index (χ1) is 11.6. The molecule has 1 fully saturated rings. The monoisotopic (exact) mass is 384 g/mol. The molecule has 25 heavy (non-hydrogen) atoms. The summed E-state index contributed by atoms with van der Waals surface area (Å²) in [6.07, 6.45) is 0. The largest absolute Gasteiger partial charge is 0.335 e. The highest BCUT2D eigenvalue weighted by atomic mass is 35.5. The second-order valence-corrected chi connectivity index (χ2v) is 6.36. The molecule has 0 saturated carbocycles. The average molecular weight is 385 g/mol. The first kappa shape index (κ1) is 19.3. The summed E-state index contributed by atoms with van der Waals surface area (Å²) in [4.78, 5) is 32.3. The topological polar surface area (TPSA) is 79.5 Å². The second kappa shape index (κ2) is 8.37. The Bertz CT molecular complexity index is 745. The maximum atomic E-state index is 12.9. The molecule has 0 radical (unpaired) electrons. The lowest BCUT2D eigenvalue weighted by Crippen LogP contribution is -2.50. The number of benzene rings is 1. The Morgan fingerprint density at radius 2 is 1.64 bits per heavy atom. The van der Waals surface area contributed by atoms with Crippen LogP contribution >= 0.6 is 23.7 Å². The zero-order chi connectivity index (χ0) is 17.1. The number of halogens is 2. The van der Waals surface area contributed by atoms with Gasteiger partial charge in [-0.15, -0.1) is 23.7 Å². The van der Waals surface area contributed by atoms with E-state index in [1.807, 2.05) is 0 Å². The summed E-state index contributed by atoms with van der Waals surface area (Å²) >= 11 is 1.37. The number of carbonyl (C=O) groups is 2. The molecule has 1 aromatic heterocycles. The Morgan fingerprint density at radius 1 is 1.08 bits per heavy atom. The molecule has 0 aliphatic carbocycles. The van der Waals surface area contributed by atoms with Gasteiger partial charge in [0.15, 0.2) is 0 Å². The number of nitrogens with two attached hydrogens (primary N) is 1. The number of aromatic nitrogens is 1. The van der Waals surface area contributed by atoms with Crippen LogP contribution in [0.15, 0.2) is 29.6 Å². The predicted molar refractivity (Wildman–Crippen MR) is 95.5 cm³/mol. The lowest BCUT2D eigenvalue weighted by Gasteiger charge is -2.34. The number of hydrogen-bond acceptors (Lipinski definition) is 5. The SMILES string of the molecule is Cl.NCc1nc(C(=O)N2CCN(C(=O)c3ccc(F)cc3)CC2)cs1. The van der Waals surface area contributed by atoms with Crippen LogP contribution in [-0.2, 0) is 6.54 Å². The molecular weight excluding hydrogens is 367 g/mol. The molecule has 0 bridgehead atoms. The van der Waals surface area contributed by atoms with Gasteiger partial charge in [-0.25, -0.2) is 9.37 Å². The minimum absolute atomic E-state index is 0. The Balaban J connectivity index is 0.00000225. The van der Waals surface area contributed by atoms with Crippen LogP contribution < -0.4 is 5.73 Å². The number of thiazole rings is 1. The fraction of sp³-hybridized carbons (Fsp3) is 0.312. The van der Waals surface area contributed by atoms with Crippen LogP contribution in [-0.4, -0.2) is 52.8 Å². The van der Waals surface area contributed by atoms with Crippen LogP contribution in [0.3, 0.4) is 0 Å². The van der Waals surface area contributed by atoms with E-state index in [1.165, 1.54) is 35.6 Å². The van der Waals surface area contributed by atoms with Crippen LogP contribution in [0.2, 0.25) is 0 Å². The lowest BCUT2D eigenvalue weighted by atomic mass is 10.1. The third-order valence-electron chi connectivity index (χ3n) is 3.89. The molecule has 2 aromatic rings. The maximum absolute atomic E-state index is 12.9. The molecule has 9 heteroatoms. The molecule has 134 valence electrons. The third-order valence-corrected chi connectivity index (χ3v) is 4.76. The highest BCUT2D eigenvalue weighted by Gasteiger charge is 2.26. The molecule has 0 unspecified atom stereocenters. The van der Waals surface area contributed by atoms with Crippen molar-refractivity contribution in [1.29, 1.82) is 0 Å². The Hall–Kier alpha value is -2.03. The van der Waals surface area contributed by atoms with Gasteiger partial charge in [0.25, 0.3) is 11.8 Å². The van der Waals surface area contributed by atoms with Crippen molar-refractivity contribution in [3.8, 4) is 0 Å². The van der Waals surface area contributed by atoms with Crippen molar-refractivity contribution in [1.82, 2.24) is 14.8 Å². The van der Waals surface area contributed by atoms with E-state index in [0.717, 1.165) is 5.01 Å². The fourth-order valence-corrected chi connectivity index (χ4v) is 3.20. The van der Waals surface area contributed by atoms with Crippen molar-refractivity contribution in [2.75, 3.05) is 26.2 Å². The van der Waals surface area contributed by atoms with Gasteiger partial charge in [-0.3, -0.25) is 9.59 Å². The van der Waals surface area contributed by atoms with Crippen molar-refractivity contribution in [2.45, 2.75) is 6.54 Å². The van der Waals surface area contributed by atoms with E-state index in [-0.39, 0.29) is 30.0 Å². The summed E-state index contributed by atoms with van der Waals surface area (Å²) in [5.41, 5.74) is 6.36. The second-order valence-electron chi connectivity index (χ2n) is 5.42. The standard InChI is InChI=1S/C16H17FN4O2S.ClH/c17-12-3-1-11(2-4-12)15(22)20-5-7-21(8-6-20)16(23)13-10-24-14(9-18)19-13;/h1-4,10H,5-9,18H2;1H. The molecule has 2 N–H and O–H groups in total. The molecular formula is C16H18ClFN4O2S. The summed E-state index contributed by atoms with van der Waals surface area (Å²) in [7, 11) is 0. The predicted octanol–water partition coefficient (Wildman–Crippen LogP) is 1.76. The third kappa shape index (κ3) is 4.33. The highest BCUT2D eigenvalue weighted by molar-refractivity contribution is 7.09. The van der Waals surface area contributed by atoms with Crippen molar-refractivity contribution in [3.05, 3.63) is 51.7 Å². The van der Waals surface area contributed by atoms with Crippen molar-refractivity contribution in [2.24, 2.45) is 5.73 Å². The number of rotatable bonds is 3. The molecule has 1 aliphatic rings. The minimum atomic E-state index is -0.373. The Labute approximate surface area is 154 Å². The van der Waals surface area contributed by atoms with Crippen LogP contribution in [0.25, 0.3) is 0 Å². The molecule has 1 aliphatic heterocycles. The summed E-state index contributed by atoms with van der Waals surface area (Å²) in [6, 6.07) is 5.48. The Kier molecular flexibility index (Phi) is 6.46. The first-order valence-electron chi connectivity index (χ1n) is 7.57. The highest BCUT2D eigenvalue weighted by Crippen LogP contribution is 2.14. The molecule has 0 spiro atoms. The van der Waals surface area contributed by atoms with Gasteiger partial charge in [0.2, 0.25) is 0 Å². The fourth-order valence-electron chi connectivity index (χ4n) is 2.55. The van der Waals surface area contributed by atoms with Gasteiger partial charge in [0, 0.05) is 43.7 Å². The van der Waals surface area contributed by atoms with E-state index in [2.05, 4.69) is 4.98 Å². The van der Waals surface area contributed by atoms with E-state index < -0.39 is 0 Å². The van der Waals surface area contributed by atoms with Crippen molar-refractivity contribution >= 4 is 35.6 Å². The van der Waals surface area contributed by atoms with Crippen molar-refractivity contribution in [3.63, 3.8) is 0 Å². The zero-order valence-electron chi connectivity index (χ0n) is 13.4. The molecule has 2 heterocycles. The Morgan fingerprint density at radius 3 is 2.16 bits per heavy atom. The van der Waals surface area contributed by atoms with E-state index in [4.69, 9.17) is 5.73 Å². The van der Waals surface area contributed by atoms with E-state index in [9.17, 15) is 14.0 Å². The minimum Gasteiger partial charge on any atom is -0.335 e. The number of amides is 2. The normalized spacial score (nSPS) is 14.2. The maximum Gasteiger partial charge on any atom is 0.273 e. The van der Waals surface area contributed by atoms with E-state index in [0.29, 0.717) is 44.0 Å². The summed E-state index contributed by atoms with van der Waals surface area (Å²) < 4.78 is 12.9. The van der Waals surface area contributed by atoms with Gasteiger partial charge in [-0.2, -0.15) is 0 Å². The van der Waals surface area contributed by atoms with Crippen LogP contribution in [0, 0.1) is 5.82 Å². The zero-order valence-corrected chi connectivity index (χ0v) is 15.0. The first-order valence-corrected chi connectivity index (χ1v) is 8.45. The number of hydrogen-bond donors (Lipinski definition) is 1. The molecule has 1 saturated heterocycles. The summed E-state index contributed by atoms with van der Waals surface area (Å²) in [6.45, 7) is 2.09. The smallest absolute Gasteiger partial charge is 0.273 e. The van der Waals surface area contributed by atoms with Crippen LogP contribution in [0.1, 0.15) is 25.9 Å². The van der Waals surface area contributed by atoms with Gasteiger partial charge in [0.05, 0.1) is 0 Å². The number of piperazine rings is 1. The lowest BCUT2D eigenvalue weighted by molar-refractivity contribution is 0.0532. The number of nitrogens with zero attached hydrogens (tertiary/aromatic N) is 3. The number of carbonyl (C=O) groups excluding carboxylic acids is 2. The van der Waals surface area contributed by atoms with Gasteiger partial charge in [-0.05, 0) is 24.3 Å². The van der Waals surface area contributed by atoms with Gasteiger partial charge < -0.3 is 15.5 Å². The molecule has 1 aromatic carbocycles. The van der Waals surface area contributed by atoms with Gasteiger partial charge in [-0.1, -0.05) is 0 Å².